The van der Waals surface area contributed by atoms with E-state index in [0.29, 0.717) is 44.0 Å². The molecular weight excluding hydrogens is 589 g/mol. The number of ether oxygens (including phenoxy) is 2. The lowest BCUT2D eigenvalue weighted by Crippen LogP contribution is -2.29. The molecule has 0 atom stereocenters. The fourth-order valence-corrected chi connectivity index (χ4v) is 4.13. The highest BCUT2D eigenvalue weighted by Gasteiger charge is 2.23. The van der Waals surface area contributed by atoms with Gasteiger partial charge in [-0.05, 0) is 65.4 Å². The summed E-state index contributed by atoms with van der Waals surface area (Å²) in [5.41, 5.74) is 0.638. The first-order valence-corrected chi connectivity index (χ1v) is 11.8. The fourth-order valence-electron chi connectivity index (χ4n) is 3.03. The number of benzene rings is 2. The first-order chi connectivity index (χ1) is 15.0. The van der Waals surface area contributed by atoms with Gasteiger partial charge < -0.3 is 9.47 Å². The molecule has 0 amide bonds. The van der Waals surface area contributed by atoms with Crippen LogP contribution in [-0.2, 0) is 10.2 Å². The molecule has 0 aliphatic heterocycles. The summed E-state index contributed by atoms with van der Waals surface area (Å²) in [7, 11) is 0. The second kappa shape index (κ2) is 9.70. The number of esters is 1. The molecule has 7 nitrogen and oxygen atoms in total. The van der Waals surface area contributed by atoms with E-state index in [9.17, 15) is 9.59 Å². The Morgan fingerprint density at radius 1 is 1.28 bits per heavy atom. The third kappa shape index (κ3) is 5.37. The standard InChI is InChI=1S/C23H23BrIN3O4/c1-6-31-19-10-14(9-17(25)20(19)32-13(2)29)12-26-28-21(30)16-11-15(24)7-8-18(16)27-22(28)23(3,4)5/h7-12H,6H2,1-5H3. The van der Waals surface area contributed by atoms with Gasteiger partial charge in [0.25, 0.3) is 5.56 Å². The van der Waals surface area contributed by atoms with Crippen LogP contribution in [0.4, 0.5) is 0 Å². The van der Waals surface area contributed by atoms with Crippen molar-refractivity contribution in [3.05, 3.63) is 60.1 Å². The maximum absolute atomic E-state index is 13.3. The number of hydrogen-bond donors (Lipinski definition) is 0. The Kier molecular flexibility index (Phi) is 7.39. The van der Waals surface area contributed by atoms with Crippen molar-refractivity contribution in [2.45, 2.75) is 40.0 Å². The van der Waals surface area contributed by atoms with Crippen LogP contribution in [0.25, 0.3) is 10.9 Å². The predicted molar refractivity (Wildman–Crippen MR) is 137 cm³/mol. The van der Waals surface area contributed by atoms with Crippen LogP contribution in [0.1, 0.15) is 46.0 Å². The Morgan fingerprint density at radius 3 is 2.62 bits per heavy atom. The average Bonchev–Trinajstić information content (AvgIpc) is 2.69. The van der Waals surface area contributed by atoms with Gasteiger partial charge in [0.05, 0.1) is 27.3 Å². The van der Waals surface area contributed by atoms with Gasteiger partial charge in [0.2, 0.25) is 0 Å². The molecule has 168 valence electrons. The first-order valence-electron chi connectivity index (χ1n) is 9.93. The molecule has 0 radical (unpaired) electrons. The molecule has 9 heteroatoms. The van der Waals surface area contributed by atoms with Gasteiger partial charge in [-0.3, -0.25) is 9.59 Å². The molecule has 0 N–H and O–H groups in total. The van der Waals surface area contributed by atoms with Crippen molar-refractivity contribution in [3.63, 3.8) is 0 Å². The van der Waals surface area contributed by atoms with Crippen LogP contribution in [0.3, 0.4) is 0 Å². The quantitative estimate of drug-likeness (QED) is 0.170. The molecule has 0 saturated heterocycles. The van der Waals surface area contributed by atoms with Gasteiger partial charge in [-0.15, -0.1) is 0 Å². The Bertz CT molecular complexity index is 1280. The number of hydrogen-bond acceptors (Lipinski definition) is 6. The monoisotopic (exact) mass is 611 g/mol. The number of fused-ring (bicyclic) bond motifs is 1. The minimum Gasteiger partial charge on any atom is -0.490 e. The maximum atomic E-state index is 13.3. The first kappa shape index (κ1) is 24.4. The highest BCUT2D eigenvalue weighted by molar-refractivity contribution is 14.1. The molecule has 3 aromatic rings. The Balaban J connectivity index is 2.16. The number of aromatic nitrogens is 2. The Morgan fingerprint density at radius 2 is 2.00 bits per heavy atom. The van der Waals surface area contributed by atoms with Crippen LogP contribution in [-0.4, -0.2) is 28.5 Å². The van der Waals surface area contributed by atoms with E-state index in [1.807, 2.05) is 39.8 Å². The summed E-state index contributed by atoms with van der Waals surface area (Å²) in [6.07, 6.45) is 1.57. The average molecular weight is 612 g/mol. The predicted octanol–water partition coefficient (Wildman–Crippen LogP) is 5.27. The van der Waals surface area contributed by atoms with Crippen LogP contribution >= 0.6 is 38.5 Å². The van der Waals surface area contributed by atoms with Gasteiger partial charge in [0.1, 0.15) is 5.82 Å². The van der Waals surface area contributed by atoms with Gasteiger partial charge in [0, 0.05) is 16.8 Å². The minimum absolute atomic E-state index is 0.256. The van der Waals surface area contributed by atoms with E-state index in [1.165, 1.54) is 11.6 Å². The Hall–Kier alpha value is -2.27. The molecule has 0 fully saturated rings. The smallest absolute Gasteiger partial charge is 0.308 e. The molecule has 0 aliphatic carbocycles. The zero-order valence-electron chi connectivity index (χ0n) is 18.4. The second-order valence-electron chi connectivity index (χ2n) is 8.07. The molecule has 2 aromatic carbocycles. The molecule has 3 rings (SSSR count). The summed E-state index contributed by atoms with van der Waals surface area (Å²) in [5, 5.41) is 4.96. The largest absolute Gasteiger partial charge is 0.490 e. The van der Waals surface area contributed by atoms with Crippen molar-refractivity contribution >= 4 is 61.6 Å². The molecule has 0 unspecified atom stereocenters. The van der Waals surface area contributed by atoms with E-state index in [2.05, 4.69) is 43.6 Å². The highest BCUT2D eigenvalue weighted by Crippen LogP contribution is 2.34. The lowest BCUT2D eigenvalue weighted by molar-refractivity contribution is -0.132. The summed E-state index contributed by atoms with van der Waals surface area (Å²) >= 11 is 5.49. The van der Waals surface area contributed by atoms with E-state index >= 15 is 0 Å². The second-order valence-corrected chi connectivity index (χ2v) is 10.1. The van der Waals surface area contributed by atoms with Crippen molar-refractivity contribution < 1.29 is 14.3 Å². The zero-order valence-corrected chi connectivity index (χ0v) is 22.1. The lowest BCUT2D eigenvalue weighted by Gasteiger charge is -2.21. The van der Waals surface area contributed by atoms with Crippen LogP contribution in [0.2, 0.25) is 0 Å². The van der Waals surface area contributed by atoms with Crippen LogP contribution in [0.5, 0.6) is 11.5 Å². The third-order valence-electron chi connectivity index (χ3n) is 4.38. The molecule has 0 spiro atoms. The molecule has 0 aliphatic rings. The molecule has 0 bridgehead atoms. The van der Waals surface area contributed by atoms with Crippen LogP contribution < -0.4 is 15.0 Å². The van der Waals surface area contributed by atoms with E-state index in [0.717, 1.165) is 4.47 Å². The fraction of sp³-hybridized carbons (Fsp3) is 0.304. The highest BCUT2D eigenvalue weighted by atomic mass is 127. The van der Waals surface area contributed by atoms with E-state index < -0.39 is 11.4 Å². The number of halogens is 2. The SMILES string of the molecule is CCOc1cc(C=Nn2c(C(C)(C)C)nc3ccc(Br)cc3c2=O)cc(I)c1OC(C)=O. The summed E-state index contributed by atoms with van der Waals surface area (Å²) in [6.45, 7) is 9.54. The van der Waals surface area contributed by atoms with Crippen molar-refractivity contribution in [1.82, 2.24) is 9.66 Å². The van der Waals surface area contributed by atoms with Gasteiger partial charge in [-0.25, -0.2) is 4.98 Å². The van der Waals surface area contributed by atoms with E-state index in [1.54, 1.807) is 24.4 Å². The summed E-state index contributed by atoms with van der Waals surface area (Å²) < 4.78 is 13.8. The topological polar surface area (TPSA) is 82.8 Å². The maximum Gasteiger partial charge on any atom is 0.308 e. The van der Waals surface area contributed by atoms with Crippen molar-refractivity contribution in [2.75, 3.05) is 6.61 Å². The number of carbonyl (C=O) groups excluding carboxylic acids is 1. The summed E-state index contributed by atoms with van der Waals surface area (Å²) in [5.74, 6) is 0.909. The van der Waals surface area contributed by atoms with Crippen LogP contribution in [0.15, 0.2) is 44.7 Å². The molecule has 1 aromatic heterocycles. The van der Waals surface area contributed by atoms with Crippen molar-refractivity contribution in [2.24, 2.45) is 5.10 Å². The van der Waals surface area contributed by atoms with Gasteiger partial charge in [-0.2, -0.15) is 9.78 Å². The summed E-state index contributed by atoms with van der Waals surface area (Å²) in [6, 6.07) is 8.94. The number of rotatable bonds is 5. The molecule has 1 heterocycles. The van der Waals surface area contributed by atoms with E-state index in [-0.39, 0.29) is 5.56 Å². The molecule has 32 heavy (non-hydrogen) atoms. The summed E-state index contributed by atoms with van der Waals surface area (Å²) in [4.78, 5) is 29.5. The molecule has 0 saturated carbocycles. The normalized spacial score (nSPS) is 11.8. The van der Waals surface area contributed by atoms with Gasteiger partial charge in [0.15, 0.2) is 11.5 Å². The van der Waals surface area contributed by atoms with Crippen molar-refractivity contribution in [1.29, 1.82) is 0 Å². The minimum atomic E-state index is -0.431. The lowest BCUT2D eigenvalue weighted by atomic mass is 9.95. The van der Waals surface area contributed by atoms with Crippen LogP contribution in [0, 0.1) is 3.57 Å². The van der Waals surface area contributed by atoms with Gasteiger partial charge >= 0.3 is 5.97 Å². The van der Waals surface area contributed by atoms with E-state index in [4.69, 9.17) is 14.5 Å². The number of carbonyl (C=O) groups is 1. The molecular formula is C23H23BrIN3O4. The van der Waals surface area contributed by atoms with Gasteiger partial charge in [-0.1, -0.05) is 36.7 Å². The van der Waals surface area contributed by atoms with Crippen molar-refractivity contribution in [3.8, 4) is 11.5 Å². The Labute approximate surface area is 208 Å². The zero-order chi connectivity index (χ0) is 23.6. The number of nitrogens with zero attached hydrogens (tertiary/aromatic N) is 3. The third-order valence-corrected chi connectivity index (χ3v) is 5.67.